The van der Waals surface area contributed by atoms with Gasteiger partial charge in [-0.3, -0.25) is 10.1 Å². The molecule has 0 saturated carbocycles. The van der Waals surface area contributed by atoms with Crippen LogP contribution in [0.15, 0.2) is 10.5 Å². The first kappa shape index (κ1) is 15.7. The number of halogens is 1. The van der Waals surface area contributed by atoms with Crippen LogP contribution in [0, 0.1) is 12.8 Å². The van der Waals surface area contributed by atoms with Crippen LogP contribution >= 0.6 is 27.3 Å². The number of ether oxygens (including phenoxy) is 1. The van der Waals surface area contributed by atoms with Crippen LogP contribution in [0.4, 0.5) is 0 Å². The lowest BCUT2D eigenvalue weighted by Gasteiger charge is -2.17. The Hall–Kier alpha value is -0.390. The number of methoxy groups -OCH3 is 1. The van der Waals surface area contributed by atoms with Crippen LogP contribution in [-0.2, 0) is 16.1 Å². The lowest BCUT2D eigenvalue weighted by atomic mass is 10.0. The highest BCUT2D eigenvalue weighted by atomic mass is 79.9. The zero-order valence-corrected chi connectivity index (χ0v) is 13.7. The second-order valence-corrected chi connectivity index (χ2v) is 6.90. The highest BCUT2D eigenvalue weighted by Crippen LogP contribution is 2.26. The van der Waals surface area contributed by atoms with E-state index in [1.165, 1.54) is 16.9 Å². The van der Waals surface area contributed by atoms with Crippen molar-refractivity contribution in [3.63, 3.8) is 0 Å². The van der Waals surface area contributed by atoms with Crippen molar-refractivity contribution in [2.75, 3.05) is 7.11 Å². The molecule has 0 amide bonds. The molecule has 0 radical (unpaired) electrons. The molecular formula is C13H20BrNO2S. The maximum atomic E-state index is 11.7. The molecule has 0 saturated heterocycles. The normalized spacial score (nSPS) is 12.8. The van der Waals surface area contributed by atoms with Crippen molar-refractivity contribution in [3.05, 3.63) is 20.3 Å². The third-order valence-electron chi connectivity index (χ3n) is 2.62. The molecule has 3 nitrogen and oxygen atoms in total. The summed E-state index contributed by atoms with van der Waals surface area (Å²) in [6, 6.07) is 1.87. The molecule has 0 aliphatic rings. The molecule has 1 unspecified atom stereocenters. The summed E-state index contributed by atoms with van der Waals surface area (Å²) < 4.78 is 5.95. The Morgan fingerprint density at radius 2 is 2.22 bits per heavy atom. The monoisotopic (exact) mass is 333 g/mol. The van der Waals surface area contributed by atoms with Crippen LogP contribution < -0.4 is 5.32 Å². The fourth-order valence-electron chi connectivity index (χ4n) is 1.71. The minimum atomic E-state index is -0.226. The van der Waals surface area contributed by atoms with E-state index < -0.39 is 0 Å². The standard InChI is InChI=1S/C13H20BrNO2S/c1-8(2)5-12(13(16)17-4)15-7-10-6-11(14)9(3)18-10/h6,8,12,15H,5,7H2,1-4H3. The van der Waals surface area contributed by atoms with Crippen molar-refractivity contribution >= 4 is 33.2 Å². The summed E-state index contributed by atoms with van der Waals surface area (Å²) in [5.41, 5.74) is 0. The highest BCUT2D eigenvalue weighted by molar-refractivity contribution is 9.10. The van der Waals surface area contributed by atoms with Gasteiger partial charge in [-0.2, -0.15) is 0 Å². The number of rotatable bonds is 6. The first-order valence-electron chi connectivity index (χ1n) is 6.00. The Labute approximate surface area is 121 Å². The molecule has 1 atom stereocenters. The zero-order chi connectivity index (χ0) is 13.7. The van der Waals surface area contributed by atoms with Gasteiger partial charge in [0, 0.05) is 20.8 Å². The van der Waals surface area contributed by atoms with Crippen molar-refractivity contribution in [2.45, 2.75) is 39.8 Å². The van der Waals surface area contributed by atoms with Crippen molar-refractivity contribution in [1.82, 2.24) is 5.32 Å². The molecule has 5 heteroatoms. The minimum absolute atomic E-state index is 0.184. The van der Waals surface area contributed by atoms with Gasteiger partial charge in [-0.25, -0.2) is 0 Å². The largest absolute Gasteiger partial charge is 0.468 e. The molecule has 0 aliphatic carbocycles. The van der Waals surface area contributed by atoms with Crippen molar-refractivity contribution in [3.8, 4) is 0 Å². The van der Waals surface area contributed by atoms with Gasteiger partial charge in [-0.1, -0.05) is 13.8 Å². The molecule has 18 heavy (non-hydrogen) atoms. The summed E-state index contributed by atoms with van der Waals surface area (Å²) >= 11 is 5.23. The van der Waals surface area contributed by atoms with Crippen LogP contribution in [0.2, 0.25) is 0 Å². The van der Waals surface area contributed by atoms with Crippen LogP contribution in [0.3, 0.4) is 0 Å². The number of hydrogen-bond acceptors (Lipinski definition) is 4. The topological polar surface area (TPSA) is 38.3 Å². The van der Waals surface area contributed by atoms with Gasteiger partial charge >= 0.3 is 5.97 Å². The van der Waals surface area contributed by atoms with Gasteiger partial charge in [0.05, 0.1) is 7.11 Å². The van der Waals surface area contributed by atoms with E-state index in [9.17, 15) is 4.79 Å². The Morgan fingerprint density at radius 1 is 1.56 bits per heavy atom. The second-order valence-electron chi connectivity index (χ2n) is 4.70. The molecule has 1 aromatic rings. The van der Waals surface area contributed by atoms with Crippen molar-refractivity contribution < 1.29 is 9.53 Å². The van der Waals surface area contributed by atoms with E-state index in [1.54, 1.807) is 11.3 Å². The van der Waals surface area contributed by atoms with Crippen molar-refractivity contribution in [1.29, 1.82) is 0 Å². The lowest BCUT2D eigenvalue weighted by Crippen LogP contribution is -2.38. The third-order valence-corrected chi connectivity index (χ3v) is 4.76. The van der Waals surface area contributed by atoms with Gasteiger partial charge in [0.2, 0.25) is 0 Å². The SMILES string of the molecule is COC(=O)C(CC(C)C)NCc1cc(Br)c(C)s1. The average Bonchev–Trinajstić information content (AvgIpc) is 2.62. The van der Waals surface area contributed by atoms with Gasteiger partial charge < -0.3 is 4.74 Å². The Morgan fingerprint density at radius 3 is 2.67 bits per heavy atom. The molecule has 1 aromatic heterocycles. The molecule has 1 heterocycles. The van der Waals surface area contributed by atoms with Crippen LogP contribution in [-0.4, -0.2) is 19.1 Å². The van der Waals surface area contributed by atoms with E-state index >= 15 is 0 Å². The smallest absolute Gasteiger partial charge is 0.322 e. The fraction of sp³-hybridized carbons (Fsp3) is 0.615. The van der Waals surface area contributed by atoms with Gasteiger partial charge in [0.15, 0.2) is 0 Å². The third kappa shape index (κ3) is 4.71. The molecule has 0 aromatic carbocycles. The predicted octanol–water partition coefficient (Wildman–Crippen LogP) is 3.50. The molecule has 1 N–H and O–H groups in total. The Bertz CT molecular complexity index is 384. The molecular weight excluding hydrogens is 314 g/mol. The second kappa shape index (κ2) is 7.26. The maximum Gasteiger partial charge on any atom is 0.322 e. The van der Waals surface area contributed by atoms with Crippen LogP contribution in [0.25, 0.3) is 0 Å². The molecule has 0 fully saturated rings. The van der Waals surface area contributed by atoms with Gasteiger partial charge in [-0.05, 0) is 41.3 Å². The Balaban J connectivity index is 2.58. The van der Waals surface area contributed by atoms with E-state index in [0.717, 1.165) is 10.9 Å². The van der Waals surface area contributed by atoms with E-state index in [0.29, 0.717) is 12.5 Å². The van der Waals surface area contributed by atoms with E-state index in [-0.39, 0.29) is 12.0 Å². The summed E-state index contributed by atoms with van der Waals surface area (Å²) in [6.07, 6.45) is 0.790. The molecule has 0 spiro atoms. The lowest BCUT2D eigenvalue weighted by molar-refractivity contribution is -0.143. The van der Waals surface area contributed by atoms with Gasteiger partial charge in [-0.15, -0.1) is 11.3 Å². The fourth-order valence-corrected chi connectivity index (χ4v) is 3.26. The zero-order valence-electron chi connectivity index (χ0n) is 11.2. The Kier molecular flexibility index (Phi) is 6.32. The first-order chi connectivity index (χ1) is 8.43. The van der Waals surface area contributed by atoms with E-state index in [4.69, 9.17) is 4.74 Å². The number of aryl methyl sites for hydroxylation is 1. The number of esters is 1. The maximum absolute atomic E-state index is 11.7. The molecule has 102 valence electrons. The van der Waals surface area contributed by atoms with Gasteiger partial charge in [0.25, 0.3) is 0 Å². The summed E-state index contributed by atoms with van der Waals surface area (Å²) in [5.74, 6) is 0.273. The number of thiophene rings is 1. The highest BCUT2D eigenvalue weighted by Gasteiger charge is 2.20. The molecule has 0 bridgehead atoms. The summed E-state index contributed by atoms with van der Waals surface area (Å²) in [5, 5.41) is 3.27. The predicted molar refractivity (Wildman–Crippen MR) is 78.9 cm³/mol. The van der Waals surface area contributed by atoms with E-state index in [2.05, 4.69) is 48.1 Å². The number of hydrogen-bond donors (Lipinski definition) is 1. The number of nitrogens with one attached hydrogen (secondary N) is 1. The number of carbonyl (C=O) groups excluding carboxylic acids is 1. The quantitative estimate of drug-likeness (QED) is 0.809. The number of carbonyl (C=O) groups is 1. The van der Waals surface area contributed by atoms with E-state index in [1.807, 2.05) is 0 Å². The van der Waals surface area contributed by atoms with Gasteiger partial charge in [0.1, 0.15) is 6.04 Å². The average molecular weight is 334 g/mol. The first-order valence-corrected chi connectivity index (χ1v) is 7.61. The van der Waals surface area contributed by atoms with Crippen LogP contribution in [0.5, 0.6) is 0 Å². The minimum Gasteiger partial charge on any atom is -0.468 e. The summed E-state index contributed by atoms with van der Waals surface area (Å²) in [4.78, 5) is 14.1. The molecule has 1 rings (SSSR count). The molecule has 0 aliphatic heterocycles. The summed E-state index contributed by atoms with van der Waals surface area (Å²) in [7, 11) is 1.43. The summed E-state index contributed by atoms with van der Waals surface area (Å²) in [6.45, 7) is 6.97. The van der Waals surface area contributed by atoms with Crippen LogP contribution in [0.1, 0.15) is 30.0 Å². The van der Waals surface area contributed by atoms with Crippen molar-refractivity contribution in [2.24, 2.45) is 5.92 Å².